The molecule has 1 aliphatic carbocycles. The van der Waals surface area contributed by atoms with Crippen molar-refractivity contribution in [3.8, 4) is 28.2 Å². The van der Waals surface area contributed by atoms with Crippen molar-refractivity contribution in [3.05, 3.63) is 64.8 Å². The van der Waals surface area contributed by atoms with E-state index in [0.717, 1.165) is 0 Å². The zero-order chi connectivity index (χ0) is 23.6. The summed E-state index contributed by atoms with van der Waals surface area (Å²) in [6, 6.07) is 4.58. The highest BCUT2D eigenvalue weighted by atomic mass is 127. The fourth-order valence-corrected chi connectivity index (χ4v) is 6.57. The third-order valence-corrected chi connectivity index (χ3v) is 9.11. The first-order chi connectivity index (χ1) is 15.0. The molecule has 0 aromatic heterocycles. The molecule has 1 heterocycles. The van der Waals surface area contributed by atoms with Gasteiger partial charge in [0.1, 0.15) is 14.9 Å². The highest BCUT2D eigenvalue weighted by molar-refractivity contribution is 14.1. The standard InChI is InChI=1S/C20H5Cl4I3O5/c21-13-11(12(20(30)31)14(22)16(24)15(13)23)10-4-1-6(25)8(28)3-9(4)32-19-5(10)2-7(26)18(29)17(19)27/h1-3,28H,(H,30,31). The van der Waals surface area contributed by atoms with Crippen LogP contribution >= 0.6 is 114 Å². The van der Waals surface area contributed by atoms with E-state index in [1.165, 1.54) is 6.07 Å². The van der Waals surface area contributed by atoms with E-state index in [4.69, 9.17) is 50.8 Å². The van der Waals surface area contributed by atoms with Crippen molar-refractivity contribution < 1.29 is 19.4 Å². The Morgan fingerprint density at radius 2 is 1.50 bits per heavy atom. The van der Waals surface area contributed by atoms with E-state index in [0.29, 0.717) is 23.7 Å². The molecule has 0 saturated carbocycles. The van der Waals surface area contributed by atoms with Gasteiger partial charge in [-0.05, 0) is 79.9 Å². The molecule has 2 aromatic carbocycles. The largest absolute Gasteiger partial charge is 0.507 e. The quantitative estimate of drug-likeness (QED) is 0.0917. The number of aromatic carboxylic acids is 1. The van der Waals surface area contributed by atoms with Crippen molar-refractivity contribution >= 4 is 131 Å². The van der Waals surface area contributed by atoms with Gasteiger partial charge in [-0.3, -0.25) is 4.79 Å². The van der Waals surface area contributed by atoms with Gasteiger partial charge in [0.25, 0.3) is 0 Å². The molecule has 0 bridgehead atoms. The van der Waals surface area contributed by atoms with Crippen LogP contribution < -0.4 is 5.43 Å². The van der Waals surface area contributed by atoms with Crippen LogP contribution in [0.3, 0.4) is 0 Å². The van der Waals surface area contributed by atoms with Crippen LogP contribution in [0.25, 0.3) is 33.4 Å². The first-order valence-electron chi connectivity index (χ1n) is 8.32. The number of carbonyl (C=O) groups is 1. The van der Waals surface area contributed by atoms with Crippen LogP contribution in [-0.2, 0) is 0 Å². The van der Waals surface area contributed by atoms with Crippen LogP contribution in [0.5, 0.6) is 5.75 Å². The highest BCUT2D eigenvalue weighted by Gasteiger charge is 2.31. The topological polar surface area (TPSA) is 87.7 Å². The molecule has 164 valence electrons. The van der Waals surface area contributed by atoms with Crippen LogP contribution in [0.1, 0.15) is 10.4 Å². The van der Waals surface area contributed by atoms with Crippen molar-refractivity contribution in [2.24, 2.45) is 0 Å². The fraction of sp³-hybridized carbons (Fsp3) is 0. The Morgan fingerprint density at radius 3 is 2.12 bits per heavy atom. The summed E-state index contributed by atoms with van der Waals surface area (Å²) in [7, 11) is 0. The summed E-state index contributed by atoms with van der Waals surface area (Å²) in [4.78, 5) is 24.8. The molecule has 4 rings (SSSR count). The Hall–Kier alpha value is -0.250. The zero-order valence-electron chi connectivity index (χ0n) is 15.0. The number of hydrogen-bond acceptors (Lipinski definition) is 4. The predicted octanol–water partition coefficient (Wildman–Crippen LogP) is 8.40. The van der Waals surface area contributed by atoms with E-state index >= 15 is 0 Å². The Labute approximate surface area is 240 Å². The van der Waals surface area contributed by atoms with Crippen molar-refractivity contribution in [3.63, 3.8) is 0 Å². The number of phenols is 1. The number of halogens is 7. The van der Waals surface area contributed by atoms with Gasteiger partial charge in [-0.25, -0.2) is 4.79 Å². The number of carboxylic acid groups (broad SMARTS) is 1. The highest BCUT2D eigenvalue weighted by Crippen LogP contribution is 2.51. The predicted molar refractivity (Wildman–Crippen MR) is 151 cm³/mol. The minimum atomic E-state index is -1.37. The maximum Gasteiger partial charge on any atom is 0.337 e. The molecular formula is C20H5Cl4I3O5. The smallest absolute Gasteiger partial charge is 0.337 e. The lowest BCUT2D eigenvalue weighted by molar-refractivity contribution is 0.0698. The second-order valence-electron chi connectivity index (χ2n) is 6.47. The Kier molecular flexibility index (Phi) is 7.05. The van der Waals surface area contributed by atoms with Gasteiger partial charge in [-0.15, -0.1) is 0 Å². The maximum atomic E-state index is 12.6. The van der Waals surface area contributed by atoms with Gasteiger partial charge in [0, 0.05) is 28.1 Å². The van der Waals surface area contributed by atoms with Crippen molar-refractivity contribution in [2.75, 3.05) is 0 Å². The number of fused-ring (bicyclic) bond motifs is 2. The summed E-state index contributed by atoms with van der Waals surface area (Å²) in [5.74, 6) is -1.22. The third-order valence-electron chi connectivity index (χ3n) is 4.66. The van der Waals surface area contributed by atoms with E-state index in [2.05, 4.69) is 0 Å². The molecule has 1 aliphatic heterocycles. The molecule has 0 radical (unpaired) electrons. The van der Waals surface area contributed by atoms with E-state index < -0.39 is 5.97 Å². The van der Waals surface area contributed by atoms with Gasteiger partial charge in [0.05, 0.1) is 32.8 Å². The molecule has 12 heteroatoms. The summed E-state index contributed by atoms with van der Waals surface area (Å²) in [6.45, 7) is 0. The van der Waals surface area contributed by atoms with Crippen molar-refractivity contribution in [1.29, 1.82) is 0 Å². The lowest BCUT2D eigenvalue weighted by Crippen LogP contribution is -2.12. The maximum absolute atomic E-state index is 12.6. The minimum absolute atomic E-state index is 0.0242. The molecule has 0 spiro atoms. The molecule has 0 unspecified atom stereocenters. The normalized spacial score (nSPS) is 11.5. The molecule has 0 saturated heterocycles. The third kappa shape index (κ3) is 3.87. The van der Waals surface area contributed by atoms with Gasteiger partial charge in [-0.2, -0.15) is 0 Å². The van der Waals surface area contributed by atoms with Crippen LogP contribution in [0, 0.1) is 10.7 Å². The van der Waals surface area contributed by atoms with E-state index in [1.807, 2.05) is 67.8 Å². The second-order valence-corrected chi connectivity index (χ2v) is 11.4. The van der Waals surface area contributed by atoms with Crippen molar-refractivity contribution in [2.45, 2.75) is 0 Å². The number of benzene rings is 3. The van der Waals surface area contributed by atoms with Crippen LogP contribution in [0.2, 0.25) is 20.1 Å². The Balaban J connectivity index is 2.39. The van der Waals surface area contributed by atoms with E-state index in [-0.39, 0.29) is 57.3 Å². The molecule has 0 atom stereocenters. The van der Waals surface area contributed by atoms with E-state index in [9.17, 15) is 19.8 Å². The summed E-state index contributed by atoms with van der Waals surface area (Å²) >= 11 is 31.0. The monoisotopic (exact) mass is 846 g/mol. The first-order valence-corrected chi connectivity index (χ1v) is 13.1. The number of carboxylic acids is 1. The van der Waals surface area contributed by atoms with Gasteiger partial charge >= 0.3 is 5.97 Å². The lowest BCUT2D eigenvalue weighted by Gasteiger charge is -2.21. The Bertz CT molecular complexity index is 1520. The van der Waals surface area contributed by atoms with Crippen molar-refractivity contribution in [1.82, 2.24) is 0 Å². The zero-order valence-corrected chi connectivity index (χ0v) is 24.5. The van der Waals surface area contributed by atoms with Crippen LogP contribution in [0.15, 0.2) is 27.4 Å². The van der Waals surface area contributed by atoms with Gasteiger partial charge < -0.3 is 14.6 Å². The second kappa shape index (κ2) is 9.08. The molecule has 0 amide bonds. The number of rotatable bonds is 2. The number of aromatic hydroxyl groups is 1. The molecule has 2 N–H and O–H groups in total. The SMILES string of the molecule is O=C(O)c1c(Cl)c(Cl)c(Cl)c(Cl)c1-c1c2cc(I)c(=O)c(I)c-2oc2cc(O)c(I)cc12. The Morgan fingerprint density at radius 1 is 0.875 bits per heavy atom. The van der Waals surface area contributed by atoms with Gasteiger partial charge in [0.15, 0.2) is 5.76 Å². The van der Waals surface area contributed by atoms with Crippen LogP contribution in [0.4, 0.5) is 0 Å². The van der Waals surface area contributed by atoms with E-state index in [1.54, 1.807) is 12.1 Å². The lowest BCUT2D eigenvalue weighted by atomic mass is 9.90. The van der Waals surface area contributed by atoms with Gasteiger partial charge in [0.2, 0.25) is 5.43 Å². The number of hydrogen-bond donors (Lipinski definition) is 2. The molecule has 5 nitrogen and oxygen atoms in total. The molecule has 2 aromatic rings. The molecular weight excluding hydrogens is 843 g/mol. The molecule has 2 aliphatic rings. The average Bonchev–Trinajstić information content (AvgIpc) is 2.73. The summed E-state index contributed by atoms with van der Waals surface area (Å²) in [5.41, 5.74) is 0.386. The summed E-state index contributed by atoms with van der Waals surface area (Å²) in [5, 5.41) is 20.0. The molecule has 0 fully saturated rings. The van der Waals surface area contributed by atoms with Gasteiger partial charge in [-0.1, -0.05) is 46.4 Å². The molecule has 32 heavy (non-hydrogen) atoms. The minimum Gasteiger partial charge on any atom is -0.507 e. The summed E-state index contributed by atoms with van der Waals surface area (Å²) < 4.78 is 7.13. The number of phenolic OH excluding ortho intramolecular Hbond substituents is 1. The first kappa shape index (κ1) is 24.9. The van der Waals surface area contributed by atoms with Crippen LogP contribution in [-0.4, -0.2) is 16.2 Å². The summed E-state index contributed by atoms with van der Waals surface area (Å²) in [6.07, 6.45) is 0. The fourth-order valence-electron chi connectivity index (χ4n) is 3.28. The average molecular weight is 848 g/mol.